The van der Waals surface area contributed by atoms with E-state index in [-0.39, 0.29) is 18.1 Å². The van der Waals surface area contributed by atoms with Crippen molar-refractivity contribution in [3.05, 3.63) is 0 Å². The SMILES string of the molecule is CCC(CCNC(=O)NCC(C)(C)OC)CCC(=O)O. The van der Waals surface area contributed by atoms with Gasteiger partial charge in [0.15, 0.2) is 0 Å². The Labute approximate surface area is 121 Å². The van der Waals surface area contributed by atoms with Gasteiger partial charge in [-0.3, -0.25) is 4.79 Å². The highest BCUT2D eigenvalue weighted by Gasteiger charge is 2.17. The van der Waals surface area contributed by atoms with Crippen molar-refractivity contribution in [2.75, 3.05) is 20.2 Å². The van der Waals surface area contributed by atoms with Crippen molar-refractivity contribution in [1.29, 1.82) is 0 Å². The van der Waals surface area contributed by atoms with E-state index in [1.165, 1.54) is 0 Å². The highest BCUT2D eigenvalue weighted by molar-refractivity contribution is 5.73. The Morgan fingerprint density at radius 2 is 1.90 bits per heavy atom. The molecule has 118 valence electrons. The van der Waals surface area contributed by atoms with Crippen molar-refractivity contribution in [1.82, 2.24) is 10.6 Å². The normalized spacial score (nSPS) is 12.8. The van der Waals surface area contributed by atoms with Gasteiger partial charge in [-0.25, -0.2) is 4.79 Å². The van der Waals surface area contributed by atoms with E-state index in [2.05, 4.69) is 10.6 Å². The summed E-state index contributed by atoms with van der Waals surface area (Å²) in [6, 6.07) is -0.219. The topological polar surface area (TPSA) is 87.7 Å². The molecule has 0 aromatic rings. The quantitative estimate of drug-likeness (QED) is 0.573. The molecule has 0 fully saturated rings. The number of methoxy groups -OCH3 is 1. The van der Waals surface area contributed by atoms with Gasteiger partial charge in [-0.05, 0) is 32.6 Å². The minimum absolute atomic E-state index is 0.187. The highest BCUT2D eigenvalue weighted by atomic mass is 16.5. The Morgan fingerprint density at radius 3 is 2.40 bits per heavy atom. The number of nitrogens with one attached hydrogen (secondary N) is 2. The molecule has 0 aliphatic carbocycles. The first-order chi connectivity index (χ1) is 9.30. The fourth-order valence-electron chi connectivity index (χ4n) is 1.70. The first-order valence-electron chi connectivity index (χ1n) is 7.09. The summed E-state index contributed by atoms with van der Waals surface area (Å²) in [5.74, 6) is -0.433. The van der Waals surface area contributed by atoms with Crippen LogP contribution < -0.4 is 10.6 Å². The van der Waals surface area contributed by atoms with E-state index >= 15 is 0 Å². The van der Waals surface area contributed by atoms with Gasteiger partial charge >= 0.3 is 12.0 Å². The van der Waals surface area contributed by atoms with Crippen LogP contribution in [0.2, 0.25) is 0 Å². The number of hydrogen-bond acceptors (Lipinski definition) is 3. The minimum atomic E-state index is -0.768. The first-order valence-corrected chi connectivity index (χ1v) is 7.09. The lowest BCUT2D eigenvalue weighted by molar-refractivity contribution is -0.137. The molecule has 0 radical (unpaired) electrons. The van der Waals surface area contributed by atoms with Gasteiger partial charge in [0.05, 0.1) is 5.60 Å². The summed E-state index contributed by atoms with van der Waals surface area (Å²) in [4.78, 5) is 22.1. The molecule has 0 saturated carbocycles. The van der Waals surface area contributed by atoms with Crippen LogP contribution in [0.15, 0.2) is 0 Å². The predicted molar refractivity (Wildman–Crippen MR) is 77.8 cm³/mol. The standard InChI is InChI=1S/C14H28N2O4/c1-5-11(6-7-12(17)18)8-9-15-13(19)16-10-14(2,3)20-4/h11H,5-10H2,1-4H3,(H,17,18)(H2,15,16,19). The van der Waals surface area contributed by atoms with Gasteiger partial charge in [-0.1, -0.05) is 13.3 Å². The molecule has 0 spiro atoms. The summed E-state index contributed by atoms with van der Waals surface area (Å²) < 4.78 is 5.20. The fraction of sp³-hybridized carbons (Fsp3) is 0.857. The van der Waals surface area contributed by atoms with Crippen molar-refractivity contribution in [2.24, 2.45) is 5.92 Å². The second-order valence-corrected chi connectivity index (χ2v) is 5.57. The zero-order valence-corrected chi connectivity index (χ0v) is 13.0. The van der Waals surface area contributed by atoms with Crippen LogP contribution in [-0.2, 0) is 9.53 Å². The molecule has 0 rings (SSSR count). The van der Waals surface area contributed by atoms with Crippen LogP contribution in [0, 0.1) is 5.92 Å². The van der Waals surface area contributed by atoms with E-state index in [1.54, 1.807) is 7.11 Å². The number of hydrogen-bond donors (Lipinski definition) is 3. The lowest BCUT2D eigenvalue weighted by atomic mass is 9.97. The molecular weight excluding hydrogens is 260 g/mol. The third-order valence-electron chi connectivity index (χ3n) is 3.41. The summed E-state index contributed by atoms with van der Waals surface area (Å²) in [6.45, 7) is 6.81. The smallest absolute Gasteiger partial charge is 0.314 e. The number of rotatable bonds is 10. The van der Waals surface area contributed by atoms with Gasteiger partial charge in [-0.15, -0.1) is 0 Å². The number of urea groups is 1. The second kappa shape index (κ2) is 9.58. The average Bonchev–Trinajstić information content (AvgIpc) is 2.40. The second-order valence-electron chi connectivity index (χ2n) is 5.57. The van der Waals surface area contributed by atoms with E-state index in [4.69, 9.17) is 9.84 Å². The Hall–Kier alpha value is -1.30. The van der Waals surface area contributed by atoms with Crippen LogP contribution >= 0.6 is 0 Å². The third-order valence-corrected chi connectivity index (χ3v) is 3.41. The summed E-state index contributed by atoms with van der Waals surface area (Å²) in [6.07, 6.45) is 2.57. The van der Waals surface area contributed by atoms with Crippen LogP contribution in [0.5, 0.6) is 0 Å². The maximum absolute atomic E-state index is 11.6. The molecule has 20 heavy (non-hydrogen) atoms. The zero-order valence-electron chi connectivity index (χ0n) is 13.0. The van der Waals surface area contributed by atoms with Crippen molar-refractivity contribution in [3.8, 4) is 0 Å². The van der Waals surface area contributed by atoms with Crippen LogP contribution in [0.4, 0.5) is 4.79 Å². The first kappa shape index (κ1) is 18.7. The molecule has 1 unspecified atom stereocenters. The summed E-state index contributed by atoms with van der Waals surface area (Å²) >= 11 is 0. The van der Waals surface area contributed by atoms with Gasteiger partial charge in [0, 0.05) is 26.6 Å². The molecule has 0 bridgehead atoms. The molecule has 0 aromatic carbocycles. The Kier molecular flexibility index (Phi) is 8.96. The third kappa shape index (κ3) is 9.61. The van der Waals surface area contributed by atoms with Crippen LogP contribution in [0.1, 0.15) is 46.5 Å². The molecule has 3 N–H and O–H groups in total. The summed E-state index contributed by atoms with van der Waals surface area (Å²) in [5.41, 5.74) is -0.384. The maximum Gasteiger partial charge on any atom is 0.314 e. The van der Waals surface area contributed by atoms with Gasteiger partial charge in [0.25, 0.3) is 0 Å². The molecule has 0 heterocycles. The number of amides is 2. The molecule has 0 saturated heterocycles. The van der Waals surface area contributed by atoms with Gasteiger partial charge in [0.2, 0.25) is 0 Å². The summed E-state index contributed by atoms with van der Waals surface area (Å²) in [7, 11) is 1.61. The van der Waals surface area contributed by atoms with Crippen molar-refractivity contribution in [2.45, 2.75) is 52.1 Å². The van der Waals surface area contributed by atoms with E-state index in [0.717, 1.165) is 12.8 Å². The monoisotopic (exact) mass is 288 g/mol. The molecule has 2 amide bonds. The summed E-state index contributed by atoms with van der Waals surface area (Å²) in [5, 5.41) is 14.2. The lowest BCUT2D eigenvalue weighted by Crippen LogP contribution is -2.44. The van der Waals surface area contributed by atoms with Crippen LogP contribution in [0.25, 0.3) is 0 Å². The van der Waals surface area contributed by atoms with Gasteiger partial charge < -0.3 is 20.5 Å². The Morgan fingerprint density at radius 1 is 1.25 bits per heavy atom. The number of carbonyl (C=O) groups is 2. The minimum Gasteiger partial charge on any atom is -0.481 e. The van der Waals surface area contributed by atoms with E-state index in [9.17, 15) is 9.59 Å². The Balaban J connectivity index is 3.81. The number of carboxylic acids is 1. The lowest BCUT2D eigenvalue weighted by Gasteiger charge is -2.23. The van der Waals surface area contributed by atoms with E-state index in [1.807, 2.05) is 20.8 Å². The molecule has 6 heteroatoms. The average molecular weight is 288 g/mol. The molecule has 1 atom stereocenters. The van der Waals surface area contributed by atoms with Crippen molar-refractivity contribution >= 4 is 12.0 Å². The van der Waals surface area contributed by atoms with Crippen LogP contribution in [-0.4, -0.2) is 42.9 Å². The maximum atomic E-state index is 11.6. The Bertz CT molecular complexity index is 306. The largest absolute Gasteiger partial charge is 0.481 e. The zero-order chi connectivity index (χ0) is 15.6. The van der Waals surface area contributed by atoms with Crippen LogP contribution in [0.3, 0.4) is 0 Å². The van der Waals surface area contributed by atoms with Gasteiger partial charge in [0.1, 0.15) is 0 Å². The van der Waals surface area contributed by atoms with E-state index < -0.39 is 5.97 Å². The van der Waals surface area contributed by atoms with Gasteiger partial charge in [-0.2, -0.15) is 0 Å². The number of ether oxygens (including phenoxy) is 1. The molecule has 0 aliphatic heterocycles. The number of carboxylic acid groups (broad SMARTS) is 1. The molecule has 0 aliphatic rings. The number of aliphatic carboxylic acids is 1. The molecule has 0 aromatic heterocycles. The molecule has 6 nitrogen and oxygen atoms in total. The van der Waals surface area contributed by atoms with Crippen molar-refractivity contribution in [3.63, 3.8) is 0 Å². The van der Waals surface area contributed by atoms with Crippen molar-refractivity contribution < 1.29 is 19.4 Å². The highest BCUT2D eigenvalue weighted by Crippen LogP contribution is 2.14. The van der Waals surface area contributed by atoms with E-state index in [0.29, 0.717) is 25.4 Å². The molecular formula is C14H28N2O4. The number of carbonyl (C=O) groups excluding carboxylic acids is 1. The predicted octanol–water partition coefficient (Wildman–Crippen LogP) is 1.99. The fourth-order valence-corrected chi connectivity index (χ4v) is 1.70.